The zero-order valence-electron chi connectivity index (χ0n) is 9.37. The zero-order chi connectivity index (χ0) is 12.3. The molecule has 0 unspecified atom stereocenters. The number of aryl methyl sites for hydroxylation is 1. The largest absolute Gasteiger partial charge is 0.380 e. The van der Waals surface area contributed by atoms with Crippen LogP contribution in [0.25, 0.3) is 0 Å². The summed E-state index contributed by atoms with van der Waals surface area (Å²) >= 11 is 6.96. The van der Waals surface area contributed by atoms with Crippen molar-refractivity contribution in [3.63, 3.8) is 0 Å². The normalized spacial score (nSPS) is 10.3. The topological polar surface area (TPSA) is 24.9 Å². The Kier molecular flexibility index (Phi) is 4.18. The highest BCUT2D eigenvalue weighted by atomic mass is 79.9. The lowest BCUT2D eigenvalue weighted by molar-refractivity contribution is 1.10. The number of hydrogen-bond donors (Lipinski definition) is 1. The summed E-state index contributed by atoms with van der Waals surface area (Å²) in [6, 6.07) is 8.32. The zero-order valence-corrected chi connectivity index (χ0v) is 12.5. The Balaban J connectivity index is 2.07. The van der Waals surface area contributed by atoms with Gasteiger partial charge in [0.25, 0.3) is 0 Å². The van der Waals surface area contributed by atoms with Gasteiger partial charge in [-0.2, -0.15) is 0 Å². The highest BCUT2D eigenvalue weighted by Crippen LogP contribution is 2.24. The van der Waals surface area contributed by atoms with E-state index in [4.69, 9.17) is 0 Å². The third kappa shape index (κ3) is 3.54. The molecule has 17 heavy (non-hydrogen) atoms. The van der Waals surface area contributed by atoms with Gasteiger partial charge in [-0.25, -0.2) is 0 Å². The van der Waals surface area contributed by atoms with Crippen molar-refractivity contribution in [2.45, 2.75) is 13.5 Å². The predicted octanol–water partition coefficient (Wildman–Crippen LogP) is 4.53. The Hall–Kier alpha value is -0.870. The second kappa shape index (κ2) is 5.65. The van der Waals surface area contributed by atoms with Crippen LogP contribution in [0.3, 0.4) is 0 Å². The van der Waals surface area contributed by atoms with E-state index in [1.165, 1.54) is 5.56 Å². The van der Waals surface area contributed by atoms with Gasteiger partial charge in [-0.15, -0.1) is 0 Å². The Morgan fingerprint density at radius 3 is 2.71 bits per heavy atom. The van der Waals surface area contributed by atoms with Crippen LogP contribution in [0.2, 0.25) is 0 Å². The first-order valence-electron chi connectivity index (χ1n) is 5.24. The standard InChI is InChI=1S/C13H12Br2N2/c1-9-2-3-13(12(15)4-9)17-7-10-5-11(14)8-16-6-10/h2-6,8,17H,7H2,1H3. The lowest BCUT2D eigenvalue weighted by Crippen LogP contribution is -2.00. The van der Waals surface area contributed by atoms with E-state index in [1.807, 2.05) is 6.20 Å². The molecule has 0 fully saturated rings. The van der Waals surface area contributed by atoms with Crippen LogP contribution in [0.1, 0.15) is 11.1 Å². The van der Waals surface area contributed by atoms with E-state index in [1.54, 1.807) is 6.20 Å². The maximum absolute atomic E-state index is 4.13. The summed E-state index contributed by atoms with van der Waals surface area (Å²) in [6.07, 6.45) is 3.64. The maximum atomic E-state index is 4.13. The van der Waals surface area contributed by atoms with E-state index in [0.29, 0.717) is 0 Å². The van der Waals surface area contributed by atoms with Gasteiger partial charge in [-0.1, -0.05) is 6.07 Å². The highest BCUT2D eigenvalue weighted by Gasteiger charge is 2.00. The first-order valence-corrected chi connectivity index (χ1v) is 6.83. The molecule has 2 aromatic rings. The van der Waals surface area contributed by atoms with Crippen LogP contribution < -0.4 is 5.32 Å². The number of nitrogens with one attached hydrogen (secondary N) is 1. The van der Waals surface area contributed by atoms with Crippen LogP contribution >= 0.6 is 31.9 Å². The summed E-state index contributed by atoms with van der Waals surface area (Å²) in [5.41, 5.74) is 3.48. The van der Waals surface area contributed by atoms with Crippen LogP contribution in [0.15, 0.2) is 45.6 Å². The van der Waals surface area contributed by atoms with Crippen molar-refractivity contribution in [3.05, 3.63) is 56.7 Å². The Morgan fingerprint density at radius 2 is 2.00 bits per heavy atom. The Labute approximate surface area is 118 Å². The molecule has 2 nitrogen and oxygen atoms in total. The molecule has 0 atom stereocenters. The molecule has 0 amide bonds. The molecule has 0 saturated carbocycles. The first kappa shape index (κ1) is 12.6. The molecule has 1 aromatic heterocycles. The molecule has 4 heteroatoms. The van der Waals surface area contributed by atoms with Gasteiger partial charge in [0.2, 0.25) is 0 Å². The number of pyridine rings is 1. The highest BCUT2D eigenvalue weighted by molar-refractivity contribution is 9.10. The molecule has 0 aliphatic heterocycles. The first-order chi connectivity index (χ1) is 8.15. The molecular formula is C13H12Br2N2. The van der Waals surface area contributed by atoms with Gasteiger partial charge in [0, 0.05) is 33.6 Å². The fourth-order valence-electron chi connectivity index (χ4n) is 1.51. The number of aromatic nitrogens is 1. The van der Waals surface area contributed by atoms with Crippen molar-refractivity contribution in [1.82, 2.24) is 4.98 Å². The number of hydrogen-bond acceptors (Lipinski definition) is 2. The summed E-state index contributed by atoms with van der Waals surface area (Å²) in [5, 5.41) is 3.38. The monoisotopic (exact) mass is 354 g/mol. The van der Waals surface area contributed by atoms with Crippen molar-refractivity contribution >= 4 is 37.5 Å². The van der Waals surface area contributed by atoms with Crippen molar-refractivity contribution < 1.29 is 0 Å². The molecule has 0 aliphatic carbocycles. The van der Waals surface area contributed by atoms with Gasteiger partial charge in [0.15, 0.2) is 0 Å². The summed E-state index contributed by atoms with van der Waals surface area (Å²) in [4.78, 5) is 4.13. The van der Waals surface area contributed by atoms with Crippen LogP contribution in [0, 0.1) is 6.92 Å². The molecule has 0 bridgehead atoms. The van der Waals surface area contributed by atoms with Crippen molar-refractivity contribution in [2.75, 3.05) is 5.32 Å². The van der Waals surface area contributed by atoms with Crippen molar-refractivity contribution in [1.29, 1.82) is 0 Å². The summed E-state index contributed by atoms with van der Waals surface area (Å²) in [6.45, 7) is 2.83. The Bertz CT molecular complexity index is 527. The summed E-state index contributed by atoms with van der Waals surface area (Å²) < 4.78 is 2.08. The van der Waals surface area contributed by atoms with E-state index >= 15 is 0 Å². The van der Waals surface area contributed by atoms with Crippen LogP contribution in [-0.4, -0.2) is 4.98 Å². The second-order valence-corrected chi connectivity index (χ2v) is 5.62. The van der Waals surface area contributed by atoms with Gasteiger partial charge in [0.1, 0.15) is 0 Å². The van der Waals surface area contributed by atoms with Crippen molar-refractivity contribution in [2.24, 2.45) is 0 Å². The van der Waals surface area contributed by atoms with Gasteiger partial charge >= 0.3 is 0 Å². The third-order valence-corrected chi connectivity index (χ3v) is 3.46. The SMILES string of the molecule is Cc1ccc(NCc2cncc(Br)c2)c(Br)c1. The lowest BCUT2D eigenvalue weighted by atomic mass is 10.2. The quantitative estimate of drug-likeness (QED) is 0.875. The molecular weight excluding hydrogens is 344 g/mol. The van der Waals surface area contributed by atoms with Crippen LogP contribution in [-0.2, 0) is 6.54 Å². The summed E-state index contributed by atoms with van der Waals surface area (Å²) in [7, 11) is 0. The number of halogens is 2. The Morgan fingerprint density at radius 1 is 1.18 bits per heavy atom. The van der Waals surface area contributed by atoms with Crippen molar-refractivity contribution in [3.8, 4) is 0 Å². The number of rotatable bonds is 3. The molecule has 0 saturated heterocycles. The smallest absolute Gasteiger partial charge is 0.0487 e. The number of anilines is 1. The minimum Gasteiger partial charge on any atom is -0.380 e. The van der Waals surface area contributed by atoms with E-state index in [9.17, 15) is 0 Å². The maximum Gasteiger partial charge on any atom is 0.0487 e. The second-order valence-electron chi connectivity index (χ2n) is 3.85. The lowest BCUT2D eigenvalue weighted by Gasteiger charge is -2.09. The predicted molar refractivity (Wildman–Crippen MR) is 78.1 cm³/mol. The van der Waals surface area contributed by atoms with Crippen LogP contribution in [0.4, 0.5) is 5.69 Å². The van der Waals surface area contributed by atoms with E-state index in [0.717, 1.165) is 26.7 Å². The molecule has 0 radical (unpaired) electrons. The average molecular weight is 356 g/mol. The van der Waals surface area contributed by atoms with Gasteiger partial charge in [-0.3, -0.25) is 4.98 Å². The molecule has 1 heterocycles. The molecule has 88 valence electrons. The molecule has 2 rings (SSSR count). The summed E-state index contributed by atoms with van der Waals surface area (Å²) in [5.74, 6) is 0. The van der Waals surface area contributed by atoms with E-state index < -0.39 is 0 Å². The minimum absolute atomic E-state index is 0.758. The van der Waals surface area contributed by atoms with Gasteiger partial charge in [0.05, 0.1) is 0 Å². The van der Waals surface area contributed by atoms with Gasteiger partial charge < -0.3 is 5.32 Å². The number of nitrogens with zero attached hydrogens (tertiary/aromatic N) is 1. The fraction of sp³-hybridized carbons (Fsp3) is 0.154. The molecule has 0 spiro atoms. The molecule has 1 aromatic carbocycles. The average Bonchev–Trinajstić information content (AvgIpc) is 2.28. The van der Waals surface area contributed by atoms with E-state index in [2.05, 4.69) is 73.3 Å². The van der Waals surface area contributed by atoms with Gasteiger partial charge in [-0.05, 0) is 68.1 Å². The van der Waals surface area contributed by atoms with E-state index in [-0.39, 0.29) is 0 Å². The number of benzene rings is 1. The molecule has 0 aliphatic rings. The molecule has 1 N–H and O–H groups in total. The van der Waals surface area contributed by atoms with Crippen LogP contribution in [0.5, 0.6) is 0 Å². The fourth-order valence-corrected chi connectivity index (χ4v) is 2.56. The third-order valence-electron chi connectivity index (χ3n) is 2.37. The minimum atomic E-state index is 0.758.